The van der Waals surface area contributed by atoms with E-state index in [1.165, 1.54) is 16.9 Å². The zero-order chi connectivity index (χ0) is 13.4. The molecule has 1 aromatic carbocycles. The quantitative estimate of drug-likeness (QED) is 0.831. The van der Waals surface area contributed by atoms with E-state index >= 15 is 0 Å². The van der Waals surface area contributed by atoms with Crippen molar-refractivity contribution in [3.05, 3.63) is 17.7 Å². The fraction of sp³-hybridized carbons (Fsp3) is 0.600. The van der Waals surface area contributed by atoms with Crippen LogP contribution >= 0.6 is 0 Å². The van der Waals surface area contributed by atoms with Gasteiger partial charge in [0.05, 0.1) is 17.9 Å². The SMILES string of the molecule is Cc1cc2c(c(N3CCNCC3)c1)OC(C)CN2C. The zero-order valence-corrected chi connectivity index (χ0v) is 12.1. The highest BCUT2D eigenvalue weighted by molar-refractivity contribution is 5.75. The van der Waals surface area contributed by atoms with Gasteiger partial charge in [0, 0.05) is 33.2 Å². The van der Waals surface area contributed by atoms with Gasteiger partial charge in [-0.2, -0.15) is 0 Å². The van der Waals surface area contributed by atoms with Crippen LogP contribution < -0.4 is 19.9 Å². The molecule has 1 aromatic rings. The molecule has 1 saturated heterocycles. The van der Waals surface area contributed by atoms with Crippen molar-refractivity contribution in [3.63, 3.8) is 0 Å². The Bertz CT molecular complexity index is 469. The third-order valence-electron chi connectivity index (χ3n) is 3.91. The van der Waals surface area contributed by atoms with Crippen molar-refractivity contribution in [2.24, 2.45) is 0 Å². The maximum absolute atomic E-state index is 6.14. The summed E-state index contributed by atoms with van der Waals surface area (Å²) in [5.41, 5.74) is 3.79. The Labute approximate surface area is 115 Å². The van der Waals surface area contributed by atoms with Crippen molar-refractivity contribution >= 4 is 11.4 Å². The minimum Gasteiger partial charge on any atom is -0.485 e. The maximum Gasteiger partial charge on any atom is 0.166 e. The van der Waals surface area contributed by atoms with Crippen LogP contribution in [0.4, 0.5) is 11.4 Å². The Morgan fingerprint density at radius 2 is 1.89 bits per heavy atom. The van der Waals surface area contributed by atoms with Gasteiger partial charge in [-0.25, -0.2) is 0 Å². The summed E-state index contributed by atoms with van der Waals surface area (Å²) >= 11 is 0. The molecule has 104 valence electrons. The Hall–Kier alpha value is -1.42. The molecular formula is C15H23N3O. The van der Waals surface area contributed by atoms with Crippen molar-refractivity contribution in [2.45, 2.75) is 20.0 Å². The Balaban J connectivity index is 2.03. The summed E-state index contributed by atoms with van der Waals surface area (Å²) in [5.74, 6) is 1.06. The molecular weight excluding hydrogens is 238 g/mol. The average Bonchev–Trinajstić information content (AvgIpc) is 2.40. The lowest BCUT2D eigenvalue weighted by Gasteiger charge is -2.37. The number of fused-ring (bicyclic) bond motifs is 1. The fourth-order valence-electron chi connectivity index (χ4n) is 3.00. The van der Waals surface area contributed by atoms with E-state index in [0.717, 1.165) is 38.5 Å². The topological polar surface area (TPSA) is 27.7 Å². The third kappa shape index (κ3) is 2.37. The van der Waals surface area contributed by atoms with Crippen molar-refractivity contribution in [1.29, 1.82) is 0 Å². The van der Waals surface area contributed by atoms with Crippen LogP contribution in [-0.2, 0) is 0 Å². The molecule has 0 bridgehead atoms. The van der Waals surface area contributed by atoms with Gasteiger partial charge < -0.3 is 19.9 Å². The molecule has 4 nitrogen and oxygen atoms in total. The summed E-state index contributed by atoms with van der Waals surface area (Å²) in [5, 5.41) is 3.40. The molecule has 3 rings (SSSR count). The summed E-state index contributed by atoms with van der Waals surface area (Å²) in [7, 11) is 2.15. The summed E-state index contributed by atoms with van der Waals surface area (Å²) in [4.78, 5) is 4.75. The molecule has 0 spiro atoms. The lowest BCUT2D eigenvalue weighted by molar-refractivity contribution is 0.215. The second-order valence-electron chi connectivity index (χ2n) is 5.68. The summed E-state index contributed by atoms with van der Waals surface area (Å²) < 4.78 is 6.14. The molecule has 1 atom stereocenters. The molecule has 0 saturated carbocycles. The van der Waals surface area contributed by atoms with E-state index in [1.54, 1.807) is 0 Å². The minimum absolute atomic E-state index is 0.252. The molecule has 0 aliphatic carbocycles. The van der Waals surface area contributed by atoms with Crippen molar-refractivity contribution < 1.29 is 4.74 Å². The van der Waals surface area contributed by atoms with Crippen LogP contribution in [0.15, 0.2) is 12.1 Å². The van der Waals surface area contributed by atoms with Crippen molar-refractivity contribution in [3.8, 4) is 5.75 Å². The van der Waals surface area contributed by atoms with E-state index < -0.39 is 0 Å². The van der Waals surface area contributed by atoms with Gasteiger partial charge in [-0.15, -0.1) is 0 Å². The Kier molecular flexibility index (Phi) is 3.27. The smallest absolute Gasteiger partial charge is 0.166 e. The Morgan fingerprint density at radius 3 is 2.63 bits per heavy atom. The monoisotopic (exact) mass is 261 g/mol. The molecule has 0 radical (unpaired) electrons. The number of anilines is 2. The molecule has 4 heteroatoms. The molecule has 19 heavy (non-hydrogen) atoms. The minimum atomic E-state index is 0.252. The first-order valence-corrected chi connectivity index (χ1v) is 7.13. The van der Waals surface area contributed by atoms with Crippen molar-refractivity contribution in [2.75, 3.05) is 49.6 Å². The highest BCUT2D eigenvalue weighted by Crippen LogP contribution is 2.42. The normalized spacial score (nSPS) is 23.0. The van der Waals surface area contributed by atoms with E-state index in [0.29, 0.717) is 0 Å². The van der Waals surface area contributed by atoms with Gasteiger partial charge in [-0.05, 0) is 31.5 Å². The van der Waals surface area contributed by atoms with E-state index in [4.69, 9.17) is 4.74 Å². The summed E-state index contributed by atoms with van der Waals surface area (Å²) in [6, 6.07) is 4.49. The van der Waals surface area contributed by atoms with Gasteiger partial charge in [0.2, 0.25) is 0 Å². The molecule has 0 aromatic heterocycles. The molecule has 1 unspecified atom stereocenters. The highest BCUT2D eigenvalue weighted by Gasteiger charge is 2.26. The van der Waals surface area contributed by atoms with Crippen LogP contribution in [0, 0.1) is 6.92 Å². The van der Waals surface area contributed by atoms with Crippen LogP contribution in [0.1, 0.15) is 12.5 Å². The number of nitrogens with zero attached hydrogens (tertiary/aromatic N) is 2. The van der Waals surface area contributed by atoms with Gasteiger partial charge in [0.25, 0.3) is 0 Å². The van der Waals surface area contributed by atoms with Crippen LogP contribution in [0.2, 0.25) is 0 Å². The standard InChI is InChI=1S/C15H23N3O/c1-11-8-13-15(19-12(2)10-17(13)3)14(9-11)18-6-4-16-5-7-18/h8-9,12,16H,4-7,10H2,1-3H3. The number of ether oxygens (including phenoxy) is 1. The van der Waals surface area contributed by atoms with E-state index in [2.05, 4.69) is 48.1 Å². The van der Waals surface area contributed by atoms with Crippen LogP contribution in [0.3, 0.4) is 0 Å². The first-order chi connectivity index (χ1) is 9.15. The van der Waals surface area contributed by atoms with E-state index in [9.17, 15) is 0 Å². The second-order valence-corrected chi connectivity index (χ2v) is 5.68. The van der Waals surface area contributed by atoms with E-state index in [-0.39, 0.29) is 6.10 Å². The van der Waals surface area contributed by atoms with Crippen molar-refractivity contribution in [1.82, 2.24) is 5.32 Å². The summed E-state index contributed by atoms with van der Waals surface area (Å²) in [6.07, 6.45) is 0.252. The first-order valence-electron chi connectivity index (χ1n) is 7.13. The number of hydrogen-bond acceptors (Lipinski definition) is 4. The fourth-order valence-corrected chi connectivity index (χ4v) is 3.00. The van der Waals surface area contributed by atoms with Gasteiger partial charge in [-0.3, -0.25) is 0 Å². The third-order valence-corrected chi connectivity index (χ3v) is 3.91. The Morgan fingerprint density at radius 1 is 1.21 bits per heavy atom. The molecule has 2 heterocycles. The number of aryl methyl sites for hydroxylation is 1. The largest absolute Gasteiger partial charge is 0.485 e. The number of likely N-dealkylation sites (N-methyl/N-ethyl adjacent to an activating group) is 1. The van der Waals surface area contributed by atoms with Crippen LogP contribution in [0.5, 0.6) is 5.75 Å². The van der Waals surface area contributed by atoms with Gasteiger partial charge in [0.15, 0.2) is 5.75 Å². The number of piperazine rings is 1. The number of rotatable bonds is 1. The predicted octanol–water partition coefficient (Wildman–Crippen LogP) is 1.62. The van der Waals surface area contributed by atoms with Gasteiger partial charge in [-0.1, -0.05) is 0 Å². The number of hydrogen-bond donors (Lipinski definition) is 1. The second kappa shape index (κ2) is 4.93. The van der Waals surface area contributed by atoms with Gasteiger partial charge in [0.1, 0.15) is 6.10 Å². The van der Waals surface area contributed by atoms with Crippen LogP contribution in [0.25, 0.3) is 0 Å². The molecule has 1 fully saturated rings. The summed E-state index contributed by atoms with van der Waals surface area (Å²) in [6.45, 7) is 9.47. The van der Waals surface area contributed by atoms with Gasteiger partial charge >= 0.3 is 0 Å². The first kappa shape index (κ1) is 12.6. The highest BCUT2D eigenvalue weighted by atomic mass is 16.5. The lowest BCUT2D eigenvalue weighted by Crippen LogP contribution is -2.44. The molecule has 0 amide bonds. The van der Waals surface area contributed by atoms with E-state index in [1.807, 2.05) is 0 Å². The van der Waals surface area contributed by atoms with Crippen LogP contribution in [-0.4, -0.2) is 45.9 Å². The molecule has 2 aliphatic rings. The zero-order valence-electron chi connectivity index (χ0n) is 12.1. The number of nitrogens with one attached hydrogen (secondary N) is 1. The number of benzene rings is 1. The molecule has 2 aliphatic heterocycles. The maximum atomic E-state index is 6.14. The predicted molar refractivity (Wildman–Crippen MR) is 79.6 cm³/mol. The molecule has 1 N–H and O–H groups in total. The average molecular weight is 261 g/mol. The lowest BCUT2D eigenvalue weighted by atomic mass is 10.1.